The van der Waals surface area contributed by atoms with E-state index in [0.717, 1.165) is 32.5 Å². The molecule has 1 heterocycles. The third-order valence-electron chi connectivity index (χ3n) is 1.87. The molecule has 0 spiro atoms. The quantitative estimate of drug-likeness (QED) is 0.627. The van der Waals surface area contributed by atoms with Gasteiger partial charge in [0, 0.05) is 12.4 Å². The first kappa shape index (κ1) is 10.2. The molecule has 3 N–H and O–H groups in total. The molecule has 3 nitrogen and oxygen atoms in total. The van der Waals surface area contributed by atoms with E-state index >= 15 is 0 Å². The number of hydrogen-bond donors (Lipinski definition) is 2. The van der Waals surface area contributed by atoms with Gasteiger partial charge in [-0.2, -0.15) is 0 Å². The highest BCUT2D eigenvalue weighted by atomic mass is 14.8. The summed E-state index contributed by atoms with van der Waals surface area (Å²) in [6.07, 6.45) is 5.79. The Morgan fingerprint density at radius 3 is 3.00 bits per heavy atom. The van der Waals surface area contributed by atoms with Gasteiger partial charge in [0.2, 0.25) is 0 Å². The van der Waals surface area contributed by atoms with Gasteiger partial charge in [-0.3, -0.25) is 4.98 Å². The normalized spacial score (nSPS) is 10.2. The largest absolute Gasteiger partial charge is 0.330 e. The summed E-state index contributed by atoms with van der Waals surface area (Å²) in [4.78, 5) is 4.05. The Kier molecular flexibility index (Phi) is 5.13. The van der Waals surface area contributed by atoms with Crippen molar-refractivity contribution in [1.82, 2.24) is 10.3 Å². The Hall–Kier alpha value is -0.930. The van der Waals surface area contributed by atoms with E-state index in [0.29, 0.717) is 0 Å². The van der Waals surface area contributed by atoms with Gasteiger partial charge in [0.05, 0.1) is 0 Å². The highest BCUT2D eigenvalue weighted by molar-refractivity contribution is 5.08. The molecule has 0 atom stereocenters. The molecule has 72 valence electrons. The fraction of sp³-hybridized carbons (Fsp3) is 0.500. The number of nitrogens with two attached hydrogens (primary N) is 1. The lowest BCUT2D eigenvalue weighted by Gasteiger charge is -2.02. The van der Waals surface area contributed by atoms with E-state index in [1.54, 1.807) is 6.20 Å². The van der Waals surface area contributed by atoms with Gasteiger partial charge in [0.15, 0.2) is 0 Å². The minimum Gasteiger partial charge on any atom is -0.330 e. The van der Waals surface area contributed by atoms with Crippen LogP contribution < -0.4 is 11.1 Å². The second-order valence-corrected chi connectivity index (χ2v) is 3.00. The summed E-state index contributed by atoms with van der Waals surface area (Å²) in [6, 6.07) is 4.06. The van der Waals surface area contributed by atoms with Gasteiger partial charge in [0.25, 0.3) is 0 Å². The van der Waals surface area contributed by atoms with E-state index in [1.165, 1.54) is 5.56 Å². The molecule has 0 aromatic carbocycles. The second-order valence-electron chi connectivity index (χ2n) is 3.00. The Bertz CT molecular complexity index is 211. The molecule has 1 aromatic heterocycles. The first-order valence-corrected chi connectivity index (χ1v) is 4.73. The topological polar surface area (TPSA) is 50.9 Å². The summed E-state index contributed by atoms with van der Waals surface area (Å²) in [5.74, 6) is 0. The molecule has 0 aliphatic rings. The monoisotopic (exact) mass is 179 g/mol. The number of hydrogen-bond acceptors (Lipinski definition) is 3. The molecule has 0 aliphatic carbocycles. The molecule has 0 aliphatic heterocycles. The van der Waals surface area contributed by atoms with Crippen molar-refractivity contribution in [3.63, 3.8) is 0 Å². The standard InChI is InChI=1S/C10H17N3/c11-5-2-7-12-8-4-10-3-1-6-13-9-10/h1,3,6,9,12H,2,4-5,7-8,11H2. The van der Waals surface area contributed by atoms with E-state index in [4.69, 9.17) is 5.73 Å². The lowest BCUT2D eigenvalue weighted by Crippen LogP contribution is -2.20. The fourth-order valence-electron chi connectivity index (χ4n) is 1.13. The Labute approximate surface area is 79.4 Å². The molecule has 0 bridgehead atoms. The Balaban J connectivity index is 2.07. The van der Waals surface area contributed by atoms with Crippen molar-refractivity contribution >= 4 is 0 Å². The van der Waals surface area contributed by atoms with Crippen LogP contribution in [0.2, 0.25) is 0 Å². The van der Waals surface area contributed by atoms with Crippen molar-refractivity contribution in [3.05, 3.63) is 30.1 Å². The molecule has 1 rings (SSSR count). The maximum Gasteiger partial charge on any atom is 0.0300 e. The maximum atomic E-state index is 5.37. The molecule has 0 amide bonds. The molecule has 0 saturated heterocycles. The van der Waals surface area contributed by atoms with Crippen LogP contribution >= 0.6 is 0 Å². The minimum absolute atomic E-state index is 0.764. The molecule has 13 heavy (non-hydrogen) atoms. The predicted molar refractivity (Wildman–Crippen MR) is 54.5 cm³/mol. The molecule has 0 fully saturated rings. The van der Waals surface area contributed by atoms with Crippen molar-refractivity contribution in [1.29, 1.82) is 0 Å². The van der Waals surface area contributed by atoms with Gasteiger partial charge in [-0.25, -0.2) is 0 Å². The smallest absolute Gasteiger partial charge is 0.0300 e. The van der Waals surface area contributed by atoms with Gasteiger partial charge in [-0.15, -0.1) is 0 Å². The third kappa shape index (κ3) is 4.60. The first-order chi connectivity index (χ1) is 6.43. The predicted octanol–water partition coefficient (Wildman–Crippen LogP) is 0.562. The lowest BCUT2D eigenvalue weighted by molar-refractivity contribution is 0.652. The first-order valence-electron chi connectivity index (χ1n) is 4.73. The summed E-state index contributed by atoms with van der Waals surface area (Å²) in [5.41, 5.74) is 6.65. The van der Waals surface area contributed by atoms with Crippen LogP contribution in [0.1, 0.15) is 12.0 Å². The fourth-order valence-corrected chi connectivity index (χ4v) is 1.13. The Morgan fingerprint density at radius 2 is 2.31 bits per heavy atom. The van der Waals surface area contributed by atoms with Crippen LogP contribution in [-0.4, -0.2) is 24.6 Å². The van der Waals surface area contributed by atoms with E-state index < -0.39 is 0 Å². The summed E-state index contributed by atoms with van der Waals surface area (Å²) < 4.78 is 0. The molecule has 1 aromatic rings. The minimum atomic E-state index is 0.764. The number of aromatic nitrogens is 1. The van der Waals surface area contributed by atoms with Gasteiger partial charge in [-0.1, -0.05) is 6.07 Å². The van der Waals surface area contributed by atoms with Crippen LogP contribution in [0.4, 0.5) is 0 Å². The van der Waals surface area contributed by atoms with Crippen LogP contribution in [0.5, 0.6) is 0 Å². The molecule has 0 radical (unpaired) electrons. The zero-order valence-corrected chi connectivity index (χ0v) is 7.87. The SMILES string of the molecule is NCCCNCCc1cccnc1. The molecule has 3 heteroatoms. The van der Waals surface area contributed by atoms with E-state index in [1.807, 2.05) is 12.3 Å². The second kappa shape index (κ2) is 6.57. The molecule has 0 unspecified atom stereocenters. The van der Waals surface area contributed by atoms with E-state index in [9.17, 15) is 0 Å². The van der Waals surface area contributed by atoms with Crippen LogP contribution in [0.3, 0.4) is 0 Å². The third-order valence-corrected chi connectivity index (χ3v) is 1.87. The highest BCUT2D eigenvalue weighted by Crippen LogP contribution is 1.94. The average molecular weight is 179 g/mol. The molecular formula is C10H17N3. The van der Waals surface area contributed by atoms with Crippen molar-refractivity contribution in [2.75, 3.05) is 19.6 Å². The van der Waals surface area contributed by atoms with Gasteiger partial charge in [-0.05, 0) is 44.1 Å². The van der Waals surface area contributed by atoms with E-state index in [-0.39, 0.29) is 0 Å². The highest BCUT2D eigenvalue weighted by Gasteiger charge is 1.90. The van der Waals surface area contributed by atoms with Gasteiger partial charge < -0.3 is 11.1 Å². The van der Waals surface area contributed by atoms with Crippen LogP contribution in [0, 0.1) is 0 Å². The average Bonchev–Trinajstić information content (AvgIpc) is 2.19. The van der Waals surface area contributed by atoms with Crippen molar-refractivity contribution < 1.29 is 0 Å². The Morgan fingerprint density at radius 1 is 1.38 bits per heavy atom. The number of pyridine rings is 1. The van der Waals surface area contributed by atoms with Crippen molar-refractivity contribution in [3.8, 4) is 0 Å². The van der Waals surface area contributed by atoms with Gasteiger partial charge in [0.1, 0.15) is 0 Å². The summed E-state index contributed by atoms with van der Waals surface area (Å²) in [5, 5.41) is 3.33. The number of nitrogens with zero attached hydrogens (tertiary/aromatic N) is 1. The zero-order chi connectivity index (χ0) is 9.36. The lowest BCUT2D eigenvalue weighted by atomic mass is 10.2. The molecular weight excluding hydrogens is 162 g/mol. The van der Waals surface area contributed by atoms with Crippen molar-refractivity contribution in [2.24, 2.45) is 5.73 Å². The summed E-state index contributed by atoms with van der Waals surface area (Å²) in [6.45, 7) is 2.78. The summed E-state index contributed by atoms with van der Waals surface area (Å²) >= 11 is 0. The number of rotatable bonds is 6. The van der Waals surface area contributed by atoms with Crippen LogP contribution in [-0.2, 0) is 6.42 Å². The summed E-state index contributed by atoms with van der Waals surface area (Å²) in [7, 11) is 0. The number of nitrogens with one attached hydrogen (secondary N) is 1. The van der Waals surface area contributed by atoms with Gasteiger partial charge >= 0.3 is 0 Å². The zero-order valence-electron chi connectivity index (χ0n) is 7.87. The van der Waals surface area contributed by atoms with Crippen LogP contribution in [0.15, 0.2) is 24.5 Å². The van der Waals surface area contributed by atoms with Crippen molar-refractivity contribution in [2.45, 2.75) is 12.8 Å². The van der Waals surface area contributed by atoms with Crippen LogP contribution in [0.25, 0.3) is 0 Å². The van der Waals surface area contributed by atoms with E-state index in [2.05, 4.69) is 16.4 Å². The molecule has 0 saturated carbocycles. The maximum absolute atomic E-state index is 5.37.